The van der Waals surface area contributed by atoms with Gasteiger partial charge >= 0.3 is 5.97 Å². The second kappa shape index (κ2) is 3.90. The molecule has 3 rings (SSSR count). The number of carbonyl (C=O) groups is 1. The summed E-state index contributed by atoms with van der Waals surface area (Å²) in [5.74, 6) is 0.168. The Balaban J connectivity index is 1.93. The highest BCUT2D eigenvalue weighted by Gasteiger charge is 2.46. The summed E-state index contributed by atoms with van der Waals surface area (Å²) in [5.41, 5.74) is 2.07. The van der Waals surface area contributed by atoms with Crippen molar-refractivity contribution in [2.24, 2.45) is 0 Å². The minimum atomic E-state index is -0.719. The minimum Gasteiger partial charge on any atom is -0.490 e. The Morgan fingerprint density at radius 1 is 1.50 bits per heavy atom. The van der Waals surface area contributed by atoms with Crippen LogP contribution in [0.3, 0.4) is 0 Å². The summed E-state index contributed by atoms with van der Waals surface area (Å²) in [5, 5.41) is 8.99. The average molecular weight is 247 g/mol. The fraction of sp³-hybridized carbons (Fsp3) is 0.500. The molecule has 96 valence electrons. The molecular formula is C14H17NO3. The van der Waals surface area contributed by atoms with Gasteiger partial charge in [-0.15, -0.1) is 0 Å². The lowest BCUT2D eigenvalue weighted by molar-refractivity contribution is -0.137. The van der Waals surface area contributed by atoms with Crippen molar-refractivity contribution < 1.29 is 14.6 Å². The number of nitrogens with zero attached hydrogens (tertiary/aromatic N) is 1. The third-order valence-electron chi connectivity index (χ3n) is 4.01. The number of benzene rings is 1. The second-order valence-electron chi connectivity index (χ2n) is 5.30. The first-order chi connectivity index (χ1) is 8.61. The van der Waals surface area contributed by atoms with Crippen molar-refractivity contribution in [1.29, 1.82) is 0 Å². The number of likely N-dealkylation sites (N-methyl/N-ethyl adjacent to an activating group) is 1. The van der Waals surface area contributed by atoms with Crippen molar-refractivity contribution in [2.75, 3.05) is 25.1 Å². The van der Waals surface area contributed by atoms with Crippen LogP contribution in [0.4, 0.5) is 5.69 Å². The van der Waals surface area contributed by atoms with E-state index >= 15 is 0 Å². The molecule has 1 fully saturated rings. The average Bonchev–Trinajstić information content (AvgIpc) is 3.09. The number of carboxylic acid groups (broad SMARTS) is 1. The van der Waals surface area contributed by atoms with Crippen LogP contribution in [-0.2, 0) is 10.2 Å². The third-order valence-corrected chi connectivity index (χ3v) is 4.01. The number of hydrogen-bond donors (Lipinski definition) is 1. The van der Waals surface area contributed by atoms with Gasteiger partial charge < -0.3 is 14.7 Å². The molecule has 1 heterocycles. The van der Waals surface area contributed by atoms with Crippen LogP contribution < -0.4 is 9.64 Å². The molecule has 18 heavy (non-hydrogen) atoms. The Bertz CT molecular complexity index is 494. The number of hydrogen-bond acceptors (Lipinski definition) is 3. The molecule has 0 atom stereocenters. The summed E-state index contributed by atoms with van der Waals surface area (Å²) < 4.78 is 5.67. The Hall–Kier alpha value is -1.71. The van der Waals surface area contributed by atoms with E-state index < -0.39 is 5.97 Å². The Morgan fingerprint density at radius 3 is 2.94 bits per heavy atom. The fourth-order valence-electron chi connectivity index (χ4n) is 2.70. The van der Waals surface area contributed by atoms with Gasteiger partial charge in [0.25, 0.3) is 0 Å². The molecule has 4 heteroatoms. The second-order valence-corrected chi connectivity index (χ2v) is 5.30. The summed E-state index contributed by atoms with van der Waals surface area (Å²) in [6, 6.07) is 6.13. The van der Waals surface area contributed by atoms with Gasteiger partial charge in [0, 0.05) is 12.5 Å². The van der Waals surface area contributed by atoms with Crippen LogP contribution in [0, 0.1) is 0 Å². The molecule has 0 radical (unpaired) electrons. The van der Waals surface area contributed by atoms with Crippen LogP contribution in [0.15, 0.2) is 18.2 Å². The maximum Gasteiger partial charge on any atom is 0.304 e. The lowest BCUT2D eigenvalue weighted by Crippen LogP contribution is -2.29. The summed E-state index contributed by atoms with van der Waals surface area (Å²) >= 11 is 0. The van der Waals surface area contributed by atoms with Gasteiger partial charge in [-0.2, -0.15) is 0 Å². The van der Waals surface area contributed by atoms with E-state index in [4.69, 9.17) is 9.84 Å². The molecule has 0 unspecified atom stereocenters. The van der Waals surface area contributed by atoms with Crippen molar-refractivity contribution in [3.63, 3.8) is 0 Å². The van der Waals surface area contributed by atoms with Crippen molar-refractivity contribution in [1.82, 2.24) is 0 Å². The zero-order valence-corrected chi connectivity index (χ0v) is 10.5. The van der Waals surface area contributed by atoms with Crippen LogP contribution in [0.5, 0.6) is 5.75 Å². The van der Waals surface area contributed by atoms with E-state index in [2.05, 4.69) is 11.0 Å². The molecule has 1 aromatic rings. The van der Waals surface area contributed by atoms with Gasteiger partial charge in [-0.05, 0) is 30.5 Å². The van der Waals surface area contributed by atoms with Crippen LogP contribution in [0.25, 0.3) is 0 Å². The summed E-state index contributed by atoms with van der Waals surface area (Å²) in [6.45, 7) is 1.59. The predicted molar refractivity (Wildman–Crippen MR) is 68.4 cm³/mol. The van der Waals surface area contributed by atoms with Crippen molar-refractivity contribution in [2.45, 2.75) is 24.7 Å². The highest BCUT2D eigenvalue weighted by atomic mass is 16.5. The molecule has 0 bridgehead atoms. The van der Waals surface area contributed by atoms with Crippen molar-refractivity contribution in [3.05, 3.63) is 23.8 Å². The molecule has 0 aromatic heterocycles. The molecule has 1 aliphatic heterocycles. The van der Waals surface area contributed by atoms with Gasteiger partial charge in [-0.3, -0.25) is 4.79 Å². The molecule has 0 spiro atoms. The zero-order chi connectivity index (χ0) is 12.8. The first-order valence-electron chi connectivity index (χ1n) is 6.31. The molecule has 2 aliphatic rings. The standard InChI is InChI=1S/C14H17NO3/c1-15-6-7-18-12-8-10(2-3-11(12)15)14(4-5-14)9-13(16)17/h2-3,8H,4-7,9H2,1H3,(H,16,17). The van der Waals surface area contributed by atoms with E-state index in [-0.39, 0.29) is 11.8 Å². The summed E-state index contributed by atoms with van der Waals surface area (Å²) in [7, 11) is 2.05. The van der Waals surface area contributed by atoms with Crippen molar-refractivity contribution >= 4 is 11.7 Å². The lowest BCUT2D eigenvalue weighted by atomic mass is 9.92. The number of aliphatic carboxylic acids is 1. The summed E-state index contributed by atoms with van der Waals surface area (Å²) in [6.07, 6.45) is 2.16. The molecule has 0 amide bonds. The number of rotatable bonds is 3. The van der Waals surface area contributed by atoms with E-state index in [1.807, 2.05) is 19.2 Å². The quantitative estimate of drug-likeness (QED) is 0.887. The SMILES string of the molecule is CN1CCOc2cc(C3(CC(=O)O)CC3)ccc21. The molecular weight excluding hydrogens is 230 g/mol. The summed E-state index contributed by atoms with van der Waals surface area (Å²) in [4.78, 5) is 13.1. The first kappa shape index (κ1) is 11.4. The maximum absolute atomic E-state index is 10.9. The van der Waals surface area contributed by atoms with Crippen LogP contribution in [0.2, 0.25) is 0 Å². The zero-order valence-electron chi connectivity index (χ0n) is 10.5. The van der Waals surface area contributed by atoms with Gasteiger partial charge in [-0.25, -0.2) is 0 Å². The first-order valence-corrected chi connectivity index (χ1v) is 6.31. The van der Waals surface area contributed by atoms with E-state index in [9.17, 15) is 4.79 Å². The van der Waals surface area contributed by atoms with Crippen LogP contribution in [-0.4, -0.2) is 31.3 Å². The minimum absolute atomic E-state index is 0.139. The normalized spacial score (nSPS) is 19.9. The molecule has 4 nitrogen and oxygen atoms in total. The van der Waals surface area contributed by atoms with Gasteiger partial charge in [0.2, 0.25) is 0 Å². The highest BCUT2D eigenvalue weighted by molar-refractivity contribution is 5.71. The fourth-order valence-corrected chi connectivity index (χ4v) is 2.70. The van der Waals surface area contributed by atoms with Crippen LogP contribution >= 0.6 is 0 Å². The van der Waals surface area contributed by atoms with E-state index in [0.717, 1.165) is 36.4 Å². The number of anilines is 1. The Kier molecular flexibility index (Phi) is 2.47. The van der Waals surface area contributed by atoms with E-state index in [1.165, 1.54) is 0 Å². The molecule has 1 saturated carbocycles. The largest absolute Gasteiger partial charge is 0.490 e. The Morgan fingerprint density at radius 2 is 2.28 bits per heavy atom. The molecule has 1 aliphatic carbocycles. The molecule has 1 N–H and O–H groups in total. The molecule has 0 saturated heterocycles. The van der Waals surface area contributed by atoms with E-state index in [0.29, 0.717) is 6.61 Å². The third kappa shape index (κ3) is 1.82. The topological polar surface area (TPSA) is 49.8 Å². The van der Waals surface area contributed by atoms with Gasteiger partial charge in [-0.1, -0.05) is 6.07 Å². The van der Waals surface area contributed by atoms with E-state index in [1.54, 1.807) is 0 Å². The van der Waals surface area contributed by atoms with Crippen LogP contribution in [0.1, 0.15) is 24.8 Å². The predicted octanol–water partition coefficient (Wildman–Crippen LogP) is 2.02. The monoisotopic (exact) mass is 247 g/mol. The number of ether oxygens (including phenoxy) is 1. The number of fused-ring (bicyclic) bond motifs is 1. The van der Waals surface area contributed by atoms with Gasteiger partial charge in [0.1, 0.15) is 12.4 Å². The van der Waals surface area contributed by atoms with Gasteiger partial charge in [0.15, 0.2) is 0 Å². The lowest BCUT2D eigenvalue weighted by Gasteiger charge is -2.28. The highest BCUT2D eigenvalue weighted by Crippen LogP contribution is 2.52. The van der Waals surface area contributed by atoms with Crippen molar-refractivity contribution in [3.8, 4) is 5.75 Å². The van der Waals surface area contributed by atoms with Gasteiger partial charge in [0.05, 0.1) is 18.7 Å². The number of carboxylic acids is 1. The maximum atomic E-state index is 10.9. The molecule has 1 aromatic carbocycles. The smallest absolute Gasteiger partial charge is 0.304 e. The Labute approximate surface area is 106 Å².